The molecule has 2 N–H and O–H groups in total. The molecule has 1 fully saturated rings. The average Bonchev–Trinajstić information content (AvgIpc) is 2.53. The number of amides is 1. The summed E-state index contributed by atoms with van der Waals surface area (Å²) in [4.78, 5) is 11.7. The van der Waals surface area contributed by atoms with E-state index in [1.54, 1.807) is 5.48 Å². The van der Waals surface area contributed by atoms with Gasteiger partial charge in [0.05, 0.1) is 16.9 Å². The quantitative estimate of drug-likeness (QED) is 0.640. The Balaban J connectivity index is 2.07. The molecule has 0 saturated heterocycles. The van der Waals surface area contributed by atoms with Gasteiger partial charge in [0, 0.05) is 0 Å². The van der Waals surface area contributed by atoms with Gasteiger partial charge in [-0.05, 0) is 24.8 Å². The van der Waals surface area contributed by atoms with Crippen molar-refractivity contribution in [2.24, 2.45) is 5.92 Å². The maximum atomic E-state index is 12.5. The van der Waals surface area contributed by atoms with Gasteiger partial charge >= 0.3 is 0 Å². The van der Waals surface area contributed by atoms with E-state index in [0.29, 0.717) is 19.3 Å². The molecule has 0 aromatic heterocycles. The van der Waals surface area contributed by atoms with Gasteiger partial charge in [-0.3, -0.25) is 10.0 Å². The second kappa shape index (κ2) is 7.04. The molecule has 0 bridgehead atoms. The standard InChI is InChI=1S/C15H21NO4S/c17-15(16-18)13-8-4-5-9-14(13)21(19,20)11-10-12-6-2-1-3-7-12/h1-3,6-7,13-14,18H,4-5,8-11H2,(H,16,17)/t13-,14-/m0/s1. The zero-order valence-corrected chi connectivity index (χ0v) is 12.7. The van der Waals surface area contributed by atoms with E-state index in [4.69, 9.17) is 5.21 Å². The summed E-state index contributed by atoms with van der Waals surface area (Å²) in [6.45, 7) is 0. The summed E-state index contributed by atoms with van der Waals surface area (Å²) in [6, 6.07) is 9.44. The number of benzene rings is 1. The van der Waals surface area contributed by atoms with Crippen LogP contribution in [0.2, 0.25) is 0 Å². The highest BCUT2D eigenvalue weighted by Gasteiger charge is 2.39. The van der Waals surface area contributed by atoms with E-state index in [2.05, 4.69) is 0 Å². The fraction of sp³-hybridized carbons (Fsp3) is 0.533. The molecule has 0 aliphatic heterocycles. The second-order valence-electron chi connectivity index (χ2n) is 5.51. The predicted octanol–water partition coefficient (Wildman–Crippen LogP) is 1.71. The van der Waals surface area contributed by atoms with Crippen LogP contribution in [0.4, 0.5) is 0 Å². The molecule has 1 saturated carbocycles. The predicted molar refractivity (Wildman–Crippen MR) is 79.6 cm³/mol. The minimum absolute atomic E-state index is 0.0386. The zero-order chi connectivity index (χ0) is 15.3. The Labute approximate surface area is 125 Å². The van der Waals surface area contributed by atoms with Crippen LogP contribution < -0.4 is 5.48 Å². The largest absolute Gasteiger partial charge is 0.289 e. The third kappa shape index (κ3) is 4.04. The molecule has 2 rings (SSSR count). The number of nitrogens with one attached hydrogen (secondary N) is 1. The first kappa shape index (κ1) is 16.0. The summed E-state index contributed by atoms with van der Waals surface area (Å²) in [5.41, 5.74) is 2.58. The van der Waals surface area contributed by atoms with Gasteiger partial charge in [0.2, 0.25) is 5.91 Å². The SMILES string of the molecule is O=C(NO)[C@H]1CCCC[C@@H]1S(=O)(=O)CCc1ccccc1. The topological polar surface area (TPSA) is 83.5 Å². The van der Waals surface area contributed by atoms with E-state index >= 15 is 0 Å². The van der Waals surface area contributed by atoms with Crippen molar-refractivity contribution >= 4 is 15.7 Å². The highest BCUT2D eigenvalue weighted by Crippen LogP contribution is 2.30. The first-order chi connectivity index (χ1) is 10.0. The van der Waals surface area contributed by atoms with Crippen molar-refractivity contribution in [1.82, 2.24) is 5.48 Å². The monoisotopic (exact) mass is 311 g/mol. The number of aryl methyl sites for hydroxylation is 1. The summed E-state index contributed by atoms with van der Waals surface area (Å²) in [6.07, 6.45) is 3.09. The molecule has 116 valence electrons. The minimum atomic E-state index is -3.36. The first-order valence-electron chi connectivity index (χ1n) is 7.24. The molecule has 0 spiro atoms. The number of rotatable bonds is 5. The molecule has 1 amide bonds. The van der Waals surface area contributed by atoms with Crippen LogP contribution in [0.3, 0.4) is 0 Å². The molecular formula is C15H21NO4S. The van der Waals surface area contributed by atoms with E-state index < -0.39 is 26.9 Å². The fourth-order valence-corrected chi connectivity index (χ4v) is 5.07. The highest BCUT2D eigenvalue weighted by molar-refractivity contribution is 7.92. The molecule has 21 heavy (non-hydrogen) atoms. The lowest BCUT2D eigenvalue weighted by molar-refractivity contribution is -0.134. The van der Waals surface area contributed by atoms with Crippen LogP contribution in [-0.4, -0.2) is 30.5 Å². The van der Waals surface area contributed by atoms with Gasteiger partial charge in [0.15, 0.2) is 9.84 Å². The first-order valence-corrected chi connectivity index (χ1v) is 8.95. The van der Waals surface area contributed by atoms with E-state index in [-0.39, 0.29) is 5.75 Å². The molecule has 0 unspecified atom stereocenters. The Kier molecular flexibility index (Phi) is 5.36. The minimum Gasteiger partial charge on any atom is -0.289 e. The molecular weight excluding hydrogens is 290 g/mol. The van der Waals surface area contributed by atoms with Crippen molar-refractivity contribution in [2.75, 3.05) is 5.75 Å². The van der Waals surface area contributed by atoms with Gasteiger partial charge in [-0.1, -0.05) is 43.2 Å². The molecule has 0 heterocycles. The average molecular weight is 311 g/mol. The summed E-state index contributed by atoms with van der Waals surface area (Å²) < 4.78 is 25.1. The molecule has 5 nitrogen and oxygen atoms in total. The number of carbonyl (C=O) groups is 1. The van der Waals surface area contributed by atoms with Gasteiger partial charge in [-0.25, -0.2) is 13.9 Å². The van der Waals surface area contributed by atoms with E-state index in [1.807, 2.05) is 30.3 Å². The summed E-state index contributed by atoms with van der Waals surface area (Å²) in [5, 5.41) is 8.11. The van der Waals surface area contributed by atoms with Crippen molar-refractivity contribution in [2.45, 2.75) is 37.4 Å². The Morgan fingerprint density at radius 2 is 1.86 bits per heavy atom. The maximum Gasteiger partial charge on any atom is 0.247 e. The summed E-state index contributed by atoms with van der Waals surface area (Å²) in [5.74, 6) is -1.18. The summed E-state index contributed by atoms with van der Waals surface area (Å²) >= 11 is 0. The van der Waals surface area contributed by atoms with E-state index in [9.17, 15) is 13.2 Å². The van der Waals surface area contributed by atoms with Crippen LogP contribution in [0.5, 0.6) is 0 Å². The van der Waals surface area contributed by atoms with Crippen LogP contribution in [0.25, 0.3) is 0 Å². The Morgan fingerprint density at radius 1 is 1.19 bits per heavy atom. The smallest absolute Gasteiger partial charge is 0.247 e. The maximum absolute atomic E-state index is 12.5. The Morgan fingerprint density at radius 3 is 2.52 bits per heavy atom. The lowest BCUT2D eigenvalue weighted by Crippen LogP contribution is -2.43. The molecule has 2 atom stereocenters. The third-order valence-electron chi connectivity index (χ3n) is 4.13. The van der Waals surface area contributed by atoms with Crippen LogP contribution in [0.15, 0.2) is 30.3 Å². The molecule has 1 aliphatic rings. The van der Waals surface area contributed by atoms with Gasteiger partial charge < -0.3 is 0 Å². The van der Waals surface area contributed by atoms with Crippen LogP contribution in [0.1, 0.15) is 31.2 Å². The molecule has 1 aromatic rings. The number of hydrogen-bond acceptors (Lipinski definition) is 4. The molecule has 0 radical (unpaired) electrons. The highest BCUT2D eigenvalue weighted by atomic mass is 32.2. The third-order valence-corrected chi connectivity index (χ3v) is 6.39. The van der Waals surface area contributed by atoms with Crippen LogP contribution >= 0.6 is 0 Å². The van der Waals surface area contributed by atoms with E-state index in [1.165, 1.54) is 0 Å². The zero-order valence-electron chi connectivity index (χ0n) is 11.9. The van der Waals surface area contributed by atoms with Crippen molar-refractivity contribution in [3.8, 4) is 0 Å². The number of hydroxylamine groups is 1. The fourth-order valence-electron chi connectivity index (χ4n) is 2.97. The normalized spacial score (nSPS) is 22.7. The number of carbonyl (C=O) groups excluding carboxylic acids is 1. The summed E-state index contributed by atoms with van der Waals surface area (Å²) in [7, 11) is -3.36. The van der Waals surface area contributed by atoms with E-state index in [0.717, 1.165) is 18.4 Å². The van der Waals surface area contributed by atoms with Gasteiger partial charge in [0.1, 0.15) is 0 Å². The second-order valence-corrected chi connectivity index (χ2v) is 7.85. The van der Waals surface area contributed by atoms with Crippen molar-refractivity contribution < 1.29 is 18.4 Å². The van der Waals surface area contributed by atoms with Gasteiger partial charge in [0.25, 0.3) is 0 Å². The molecule has 6 heteroatoms. The van der Waals surface area contributed by atoms with Crippen molar-refractivity contribution in [1.29, 1.82) is 0 Å². The van der Waals surface area contributed by atoms with Crippen LogP contribution in [-0.2, 0) is 21.1 Å². The number of hydrogen-bond donors (Lipinski definition) is 2. The van der Waals surface area contributed by atoms with Gasteiger partial charge in [-0.15, -0.1) is 0 Å². The van der Waals surface area contributed by atoms with Crippen molar-refractivity contribution in [3.63, 3.8) is 0 Å². The Bertz CT molecular complexity index is 571. The van der Waals surface area contributed by atoms with Crippen LogP contribution in [0, 0.1) is 5.92 Å². The Hall–Kier alpha value is -1.40. The lowest BCUT2D eigenvalue weighted by Gasteiger charge is -2.29. The molecule has 1 aliphatic carbocycles. The lowest BCUT2D eigenvalue weighted by atomic mass is 9.88. The molecule has 1 aromatic carbocycles. The van der Waals surface area contributed by atoms with Crippen molar-refractivity contribution in [3.05, 3.63) is 35.9 Å². The number of sulfone groups is 1. The van der Waals surface area contributed by atoms with Gasteiger partial charge in [-0.2, -0.15) is 0 Å².